The van der Waals surface area contributed by atoms with Gasteiger partial charge in [0.05, 0.1) is 4.90 Å². The molecule has 2 aromatic rings. The van der Waals surface area contributed by atoms with Crippen LogP contribution in [0.1, 0.15) is 30.4 Å². The third-order valence-corrected chi connectivity index (χ3v) is 5.14. The van der Waals surface area contributed by atoms with Crippen molar-refractivity contribution in [2.45, 2.75) is 31.1 Å². The smallest absolute Gasteiger partial charge is 0.328 e. The van der Waals surface area contributed by atoms with Gasteiger partial charge in [0.15, 0.2) is 0 Å². The van der Waals surface area contributed by atoms with Crippen LogP contribution in [0.3, 0.4) is 0 Å². The van der Waals surface area contributed by atoms with Crippen LogP contribution >= 0.6 is 0 Å². The van der Waals surface area contributed by atoms with E-state index in [0.29, 0.717) is 6.54 Å². The molecule has 0 aliphatic heterocycles. The predicted octanol–water partition coefficient (Wildman–Crippen LogP) is 3.18. The highest BCUT2D eigenvalue weighted by Gasteiger charge is 2.17. The van der Waals surface area contributed by atoms with Gasteiger partial charge in [0, 0.05) is 6.54 Å². The molecule has 1 atom stereocenters. The summed E-state index contributed by atoms with van der Waals surface area (Å²) in [6.07, 6.45) is 0.724. The molecule has 0 heterocycles. The standard InChI is InChI=1S/C18H22N2O3S/c1-14-8-10-17(11-9-14)24(22,23)20-18(21)19-13-12-15(2)16-6-4-3-5-7-16/h3-11,15H,12-13H2,1-2H3,(H2,19,20,21). The number of carbonyl (C=O) groups excluding carboxylic acids is 1. The van der Waals surface area contributed by atoms with Gasteiger partial charge in [-0.15, -0.1) is 0 Å². The molecule has 0 aliphatic rings. The highest BCUT2D eigenvalue weighted by Crippen LogP contribution is 2.17. The summed E-state index contributed by atoms with van der Waals surface area (Å²) in [6, 6.07) is 15.6. The van der Waals surface area contributed by atoms with Gasteiger partial charge in [0.1, 0.15) is 0 Å². The Morgan fingerprint density at radius 2 is 1.67 bits per heavy atom. The summed E-state index contributed by atoms with van der Waals surface area (Å²) in [5.41, 5.74) is 2.14. The van der Waals surface area contributed by atoms with Crippen LogP contribution in [0.2, 0.25) is 0 Å². The molecule has 0 aromatic heterocycles. The van der Waals surface area contributed by atoms with E-state index in [-0.39, 0.29) is 10.8 Å². The van der Waals surface area contributed by atoms with Crippen molar-refractivity contribution in [3.05, 3.63) is 65.7 Å². The van der Waals surface area contributed by atoms with Gasteiger partial charge in [0.2, 0.25) is 0 Å². The molecule has 0 radical (unpaired) electrons. The fourth-order valence-electron chi connectivity index (χ4n) is 2.28. The Morgan fingerprint density at radius 3 is 2.29 bits per heavy atom. The van der Waals surface area contributed by atoms with Gasteiger partial charge in [-0.05, 0) is 37.0 Å². The Hall–Kier alpha value is -2.34. The Bertz CT molecular complexity index is 772. The van der Waals surface area contributed by atoms with Gasteiger partial charge < -0.3 is 5.32 Å². The molecule has 0 fully saturated rings. The molecule has 5 nitrogen and oxygen atoms in total. The molecule has 24 heavy (non-hydrogen) atoms. The van der Waals surface area contributed by atoms with Gasteiger partial charge in [-0.3, -0.25) is 0 Å². The predicted molar refractivity (Wildman–Crippen MR) is 94.4 cm³/mol. The van der Waals surface area contributed by atoms with Crippen LogP contribution < -0.4 is 10.0 Å². The summed E-state index contributed by atoms with van der Waals surface area (Å²) in [5, 5.41) is 2.59. The summed E-state index contributed by atoms with van der Waals surface area (Å²) < 4.78 is 26.2. The maximum absolute atomic E-state index is 12.1. The van der Waals surface area contributed by atoms with E-state index in [0.717, 1.165) is 12.0 Å². The van der Waals surface area contributed by atoms with E-state index in [1.54, 1.807) is 12.1 Å². The lowest BCUT2D eigenvalue weighted by Gasteiger charge is -2.13. The third-order valence-electron chi connectivity index (χ3n) is 3.79. The van der Waals surface area contributed by atoms with Gasteiger partial charge in [-0.2, -0.15) is 0 Å². The van der Waals surface area contributed by atoms with Crippen LogP contribution in [0.25, 0.3) is 0 Å². The monoisotopic (exact) mass is 346 g/mol. The second-order valence-corrected chi connectivity index (χ2v) is 7.46. The first-order chi connectivity index (χ1) is 11.4. The topological polar surface area (TPSA) is 75.3 Å². The molecule has 0 aliphatic carbocycles. The van der Waals surface area contributed by atoms with Crippen LogP contribution in [-0.4, -0.2) is 21.0 Å². The van der Waals surface area contributed by atoms with Crippen LogP contribution in [-0.2, 0) is 10.0 Å². The highest BCUT2D eigenvalue weighted by atomic mass is 32.2. The zero-order chi connectivity index (χ0) is 17.6. The third kappa shape index (κ3) is 5.09. The summed E-state index contributed by atoms with van der Waals surface area (Å²) in [5.74, 6) is 0.278. The number of hydrogen-bond acceptors (Lipinski definition) is 3. The van der Waals surface area contributed by atoms with E-state index >= 15 is 0 Å². The number of nitrogens with one attached hydrogen (secondary N) is 2. The molecule has 128 valence electrons. The van der Waals surface area contributed by atoms with Crippen LogP contribution in [0, 0.1) is 6.92 Å². The van der Waals surface area contributed by atoms with E-state index in [1.807, 2.05) is 42.0 Å². The van der Waals surface area contributed by atoms with Gasteiger partial charge in [-0.25, -0.2) is 17.9 Å². The lowest BCUT2D eigenvalue weighted by Crippen LogP contribution is -2.40. The normalized spacial score (nSPS) is 12.4. The van der Waals surface area contributed by atoms with Gasteiger partial charge in [-0.1, -0.05) is 55.0 Å². The van der Waals surface area contributed by atoms with Crippen molar-refractivity contribution >= 4 is 16.1 Å². The average molecular weight is 346 g/mol. The maximum atomic E-state index is 12.1. The first-order valence-corrected chi connectivity index (χ1v) is 9.29. The van der Waals surface area contributed by atoms with E-state index in [4.69, 9.17) is 0 Å². The van der Waals surface area contributed by atoms with Crippen LogP contribution in [0.4, 0.5) is 4.79 Å². The zero-order valence-electron chi connectivity index (χ0n) is 13.8. The molecule has 6 heteroatoms. The number of sulfonamides is 1. The van der Waals surface area contributed by atoms with E-state index < -0.39 is 16.1 Å². The summed E-state index contributed by atoms with van der Waals surface area (Å²) in [4.78, 5) is 11.9. The molecular weight excluding hydrogens is 324 g/mol. The lowest BCUT2D eigenvalue weighted by atomic mass is 9.98. The first-order valence-electron chi connectivity index (χ1n) is 7.81. The van der Waals surface area contributed by atoms with Crippen LogP contribution in [0.15, 0.2) is 59.5 Å². The van der Waals surface area contributed by atoms with Gasteiger partial charge >= 0.3 is 6.03 Å². The number of amides is 2. The second kappa shape index (κ2) is 7.97. The van der Waals surface area contributed by atoms with Crippen molar-refractivity contribution in [2.24, 2.45) is 0 Å². The molecule has 2 N–H and O–H groups in total. The minimum atomic E-state index is -3.84. The second-order valence-electron chi connectivity index (χ2n) is 5.77. The number of urea groups is 1. The molecule has 0 saturated heterocycles. The molecule has 2 aromatic carbocycles. The first kappa shape index (κ1) is 18.0. The number of carbonyl (C=O) groups is 1. The van der Waals surface area contributed by atoms with Crippen molar-refractivity contribution < 1.29 is 13.2 Å². The quantitative estimate of drug-likeness (QED) is 0.843. The Labute approximate surface area is 143 Å². The van der Waals surface area contributed by atoms with Crippen molar-refractivity contribution in [2.75, 3.05) is 6.54 Å². The minimum absolute atomic E-state index is 0.0703. The van der Waals surface area contributed by atoms with E-state index in [1.165, 1.54) is 17.7 Å². The molecule has 1 unspecified atom stereocenters. The average Bonchev–Trinajstić information content (AvgIpc) is 2.55. The number of aryl methyl sites for hydroxylation is 1. The number of hydrogen-bond donors (Lipinski definition) is 2. The number of benzene rings is 2. The molecule has 0 spiro atoms. The maximum Gasteiger partial charge on any atom is 0.328 e. The van der Waals surface area contributed by atoms with E-state index in [2.05, 4.69) is 12.2 Å². The summed E-state index contributed by atoms with van der Waals surface area (Å²) >= 11 is 0. The van der Waals surface area contributed by atoms with Crippen molar-refractivity contribution in [1.29, 1.82) is 0 Å². The largest absolute Gasteiger partial charge is 0.337 e. The Balaban J connectivity index is 1.83. The van der Waals surface area contributed by atoms with Crippen molar-refractivity contribution in [3.8, 4) is 0 Å². The van der Waals surface area contributed by atoms with E-state index in [9.17, 15) is 13.2 Å². The Morgan fingerprint density at radius 1 is 1.04 bits per heavy atom. The molecule has 2 rings (SSSR count). The molecule has 2 amide bonds. The molecule has 0 saturated carbocycles. The lowest BCUT2D eigenvalue weighted by molar-refractivity contribution is 0.245. The Kier molecular flexibility index (Phi) is 5.98. The fourth-order valence-corrected chi connectivity index (χ4v) is 3.21. The summed E-state index contributed by atoms with van der Waals surface area (Å²) in [6.45, 7) is 4.33. The van der Waals surface area contributed by atoms with Crippen LogP contribution in [0.5, 0.6) is 0 Å². The van der Waals surface area contributed by atoms with Crippen molar-refractivity contribution in [1.82, 2.24) is 10.0 Å². The number of rotatable bonds is 6. The SMILES string of the molecule is Cc1ccc(S(=O)(=O)NC(=O)NCCC(C)c2ccccc2)cc1. The zero-order valence-corrected chi connectivity index (χ0v) is 14.6. The molecule has 0 bridgehead atoms. The van der Waals surface area contributed by atoms with Gasteiger partial charge in [0.25, 0.3) is 10.0 Å². The minimum Gasteiger partial charge on any atom is -0.337 e. The molecular formula is C18H22N2O3S. The highest BCUT2D eigenvalue weighted by molar-refractivity contribution is 7.90. The van der Waals surface area contributed by atoms with Crippen molar-refractivity contribution in [3.63, 3.8) is 0 Å². The fraction of sp³-hybridized carbons (Fsp3) is 0.278. The summed E-state index contributed by atoms with van der Waals surface area (Å²) in [7, 11) is -3.84.